The van der Waals surface area contributed by atoms with Gasteiger partial charge in [-0.1, -0.05) is 41.4 Å². The fourth-order valence-corrected chi connectivity index (χ4v) is 9.05. The maximum Gasteiger partial charge on any atom is 0.260 e. The Bertz CT molecular complexity index is 2080. The number of sulfonamides is 1. The van der Waals surface area contributed by atoms with E-state index in [4.69, 9.17) is 38.5 Å². The number of carbonyl (C=O) groups is 2. The lowest BCUT2D eigenvalue weighted by atomic mass is 9.96. The Morgan fingerprint density at radius 2 is 1.72 bits per heavy atom. The molecule has 17 heteroatoms. The van der Waals surface area contributed by atoms with Gasteiger partial charge in [-0.2, -0.15) is 9.41 Å². The SMILES string of the molecule is Cc1ccc2cccc(OCc3c(Cl)ccc(S(=O)(=O)N4CCC[C@H]4C(=O)NCC4CCN(C(=O)COc5ccc(C=NN)cc5)CC4)c3Cl)c2n1.Cl.Cl. The number of amides is 2. The van der Waals surface area contributed by atoms with Gasteiger partial charge >= 0.3 is 0 Å². The van der Waals surface area contributed by atoms with Crippen LogP contribution in [0.15, 0.2) is 76.7 Å². The summed E-state index contributed by atoms with van der Waals surface area (Å²) in [5.74, 6) is 5.93. The monoisotopic (exact) mass is 838 g/mol. The number of para-hydroxylation sites is 1. The van der Waals surface area contributed by atoms with Crippen LogP contribution in [0.25, 0.3) is 10.9 Å². The van der Waals surface area contributed by atoms with Crippen molar-refractivity contribution in [1.82, 2.24) is 19.5 Å². The van der Waals surface area contributed by atoms with Crippen molar-refractivity contribution >= 4 is 87.0 Å². The molecule has 0 saturated carbocycles. The maximum atomic E-state index is 14.0. The van der Waals surface area contributed by atoms with Gasteiger partial charge in [0.05, 0.1) is 11.2 Å². The lowest BCUT2D eigenvalue weighted by Gasteiger charge is -2.32. The molecule has 3 N–H and O–H groups in total. The van der Waals surface area contributed by atoms with Gasteiger partial charge in [0.25, 0.3) is 5.91 Å². The zero-order valence-corrected chi connectivity index (χ0v) is 33.4. The van der Waals surface area contributed by atoms with E-state index < -0.39 is 16.1 Å². The predicted molar refractivity (Wildman–Crippen MR) is 215 cm³/mol. The van der Waals surface area contributed by atoms with Crippen LogP contribution < -0.4 is 20.6 Å². The van der Waals surface area contributed by atoms with E-state index in [9.17, 15) is 18.0 Å². The van der Waals surface area contributed by atoms with E-state index in [1.165, 1.54) is 22.7 Å². The molecule has 2 saturated heterocycles. The molecular weight excluding hydrogens is 798 g/mol. The van der Waals surface area contributed by atoms with Gasteiger partial charge in [-0.05, 0) is 92.6 Å². The predicted octanol–water partition coefficient (Wildman–Crippen LogP) is 6.15. The number of hydrogen-bond acceptors (Lipinski definition) is 9. The summed E-state index contributed by atoms with van der Waals surface area (Å²) < 4.78 is 41.0. The smallest absolute Gasteiger partial charge is 0.260 e. The molecule has 0 radical (unpaired) electrons. The number of ether oxygens (including phenoxy) is 2. The molecule has 6 rings (SSSR count). The molecule has 0 spiro atoms. The molecule has 3 heterocycles. The quantitative estimate of drug-likeness (QED) is 0.0978. The van der Waals surface area contributed by atoms with Crippen LogP contribution in [0.5, 0.6) is 11.5 Å². The Hall–Kier alpha value is -3.85. The number of hydrogen-bond donors (Lipinski definition) is 2. The standard InChI is InChI=1S/C37H40Cl2N6O6S.2ClH/c1-24-7-10-27-4-2-6-32(36(27)43-24)51-22-29-30(38)13-14-33(35(29)39)52(48,49)45-17-3-5-31(45)37(47)41-20-26-15-18-44(19-16-26)34(46)23-50-28-11-8-25(9-12-28)21-42-40;;/h2,4,6-14,21,26,31H,3,5,15-20,22-23,40H2,1H3,(H,41,47);2*1H/t31-;;/m0../s1. The molecule has 1 aromatic heterocycles. The molecule has 2 aliphatic rings. The number of benzene rings is 3. The first kappa shape index (κ1) is 42.9. The number of rotatable bonds is 12. The minimum atomic E-state index is -4.17. The van der Waals surface area contributed by atoms with E-state index in [1.54, 1.807) is 35.2 Å². The number of carbonyl (C=O) groups excluding carboxylic acids is 2. The molecular formula is C37H42Cl4N6O6S. The lowest BCUT2D eigenvalue weighted by Crippen LogP contribution is -2.48. The Balaban J connectivity index is 0.00000325. The van der Waals surface area contributed by atoms with Crippen molar-refractivity contribution < 1.29 is 27.5 Å². The number of pyridine rings is 1. The minimum Gasteiger partial charge on any atom is -0.487 e. The number of nitrogens with zero attached hydrogens (tertiary/aromatic N) is 4. The number of piperidine rings is 1. The maximum absolute atomic E-state index is 14.0. The first-order valence-corrected chi connectivity index (χ1v) is 19.2. The van der Waals surface area contributed by atoms with E-state index in [-0.39, 0.29) is 77.2 Å². The largest absolute Gasteiger partial charge is 0.487 e. The second-order valence-electron chi connectivity index (χ2n) is 12.9. The fourth-order valence-electron chi connectivity index (χ4n) is 6.53. The third-order valence-electron chi connectivity index (χ3n) is 9.44. The van der Waals surface area contributed by atoms with Crippen molar-refractivity contribution in [1.29, 1.82) is 0 Å². The van der Waals surface area contributed by atoms with Gasteiger partial charge in [0.15, 0.2) is 6.61 Å². The minimum absolute atomic E-state index is 0. The Morgan fingerprint density at radius 1 is 0.981 bits per heavy atom. The number of likely N-dealkylation sites (tertiary alicyclic amines) is 1. The summed E-state index contributed by atoms with van der Waals surface area (Å²) >= 11 is 13.3. The van der Waals surface area contributed by atoms with Gasteiger partial charge < -0.3 is 25.5 Å². The van der Waals surface area contributed by atoms with Crippen LogP contribution in [-0.2, 0) is 26.2 Å². The molecule has 2 fully saturated rings. The molecule has 3 aromatic carbocycles. The van der Waals surface area contributed by atoms with Gasteiger partial charge in [-0.25, -0.2) is 13.4 Å². The van der Waals surface area contributed by atoms with E-state index in [2.05, 4.69) is 15.4 Å². The molecule has 0 unspecified atom stereocenters. The average Bonchev–Trinajstić information content (AvgIpc) is 3.65. The molecule has 54 heavy (non-hydrogen) atoms. The van der Waals surface area contributed by atoms with Crippen LogP contribution in [-0.4, -0.2) is 79.5 Å². The molecule has 290 valence electrons. The summed E-state index contributed by atoms with van der Waals surface area (Å²) in [5.41, 5.74) is 2.64. The first-order chi connectivity index (χ1) is 25.0. The van der Waals surface area contributed by atoms with Crippen LogP contribution in [0.4, 0.5) is 0 Å². The van der Waals surface area contributed by atoms with E-state index >= 15 is 0 Å². The van der Waals surface area contributed by atoms with Crippen LogP contribution >= 0.6 is 48.0 Å². The van der Waals surface area contributed by atoms with E-state index in [0.717, 1.165) is 16.6 Å². The highest BCUT2D eigenvalue weighted by Gasteiger charge is 2.41. The highest BCUT2D eigenvalue weighted by atomic mass is 35.5. The third kappa shape index (κ3) is 9.87. The summed E-state index contributed by atoms with van der Waals surface area (Å²) in [4.78, 5) is 32.4. The highest BCUT2D eigenvalue weighted by Crippen LogP contribution is 2.36. The molecule has 1 atom stereocenters. The van der Waals surface area contributed by atoms with Crippen LogP contribution in [0.2, 0.25) is 10.0 Å². The molecule has 2 aliphatic heterocycles. The zero-order chi connectivity index (χ0) is 36.8. The number of fused-ring (bicyclic) bond motifs is 1. The number of aryl methyl sites for hydroxylation is 1. The fraction of sp³-hybridized carbons (Fsp3) is 0.351. The first-order valence-electron chi connectivity index (χ1n) is 17.0. The van der Waals surface area contributed by atoms with Crippen molar-refractivity contribution in [2.75, 3.05) is 32.8 Å². The molecule has 0 bridgehead atoms. The summed E-state index contributed by atoms with van der Waals surface area (Å²) in [5, 5.41) is 7.56. The third-order valence-corrected chi connectivity index (χ3v) is 12.3. The summed E-state index contributed by atoms with van der Waals surface area (Å²) in [6, 6.07) is 18.5. The summed E-state index contributed by atoms with van der Waals surface area (Å²) in [6.45, 7) is 3.36. The normalized spacial score (nSPS) is 16.5. The summed E-state index contributed by atoms with van der Waals surface area (Å²) in [6.07, 6.45) is 3.83. The highest BCUT2D eigenvalue weighted by molar-refractivity contribution is 7.89. The van der Waals surface area contributed by atoms with Crippen molar-refractivity contribution in [2.24, 2.45) is 16.9 Å². The zero-order valence-electron chi connectivity index (χ0n) is 29.5. The van der Waals surface area contributed by atoms with Crippen molar-refractivity contribution in [3.05, 3.63) is 93.6 Å². The lowest BCUT2D eigenvalue weighted by molar-refractivity contribution is -0.135. The van der Waals surface area contributed by atoms with Crippen molar-refractivity contribution in [3.63, 3.8) is 0 Å². The van der Waals surface area contributed by atoms with Gasteiger partial charge in [0.1, 0.15) is 34.6 Å². The Kier molecular flexibility index (Phi) is 15.2. The number of nitrogens with two attached hydrogens (primary N) is 1. The molecule has 4 aromatic rings. The number of halogens is 4. The summed E-state index contributed by atoms with van der Waals surface area (Å²) in [7, 11) is -4.17. The van der Waals surface area contributed by atoms with Crippen LogP contribution in [0.1, 0.15) is 42.5 Å². The van der Waals surface area contributed by atoms with Crippen molar-refractivity contribution in [2.45, 2.75) is 50.2 Å². The number of aromatic nitrogens is 1. The second-order valence-corrected chi connectivity index (χ2v) is 15.5. The average molecular weight is 841 g/mol. The van der Waals surface area contributed by atoms with Gasteiger partial charge in [0.2, 0.25) is 15.9 Å². The number of nitrogens with one attached hydrogen (secondary N) is 1. The van der Waals surface area contributed by atoms with E-state index in [0.29, 0.717) is 67.9 Å². The van der Waals surface area contributed by atoms with Gasteiger partial charge in [0, 0.05) is 47.8 Å². The number of hydrazone groups is 1. The molecule has 2 amide bonds. The second kappa shape index (κ2) is 19.1. The molecule has 12 nitrogen and oxygen atoms in total. The van der Waals surface area contributed by atoms with Gasteiger partial charge in [-0.15, -0.1) is 24.8 Å². The van der Waals surface area contributed by atoms with Crippen molar-refractivity contribution in [3.8, 4) is 11.5 Å². The molecule has 0 aliphatic carbocycles. The van der Waals surface area contributed by atoms with E-state index in [1.807, 2.05) is 31.2 Å². The topological polar surface area (TPSA) is 157 Å². The van der Waals surface area contributed by atoms with Crippen LogP contribution in [0.3, 0.4) is 0 Å². The Labute approximate surface area is 337 Å². The van der Waals surface area contributed by atoms with Crippen LogP contribution in [0, 0.1) is 12.8 Å². The Morgan fingerprint density at radius 3 is 2.44 bits per heavy atom. The van der Waals surface area contributed by atoms with Gasteiger partial charge in [-0.3, -0.25) is 9.59 Å².